The van der Waals surface area contributed by atoms with Gasteiger partial charge in [0.1, 0.15) is 11.5 Å². The molecule has 0 radical (unpaired) electrons. The highest BCUT2D eigenvalue weighted by Gasteiger charge is 2.10. The maximum Gasteiger partial charge on any atom is 0.163 e. The molecule has 0 saturated carbocycles. The number of hydrogen-bond acceptors (Lipinski definition) is 3. The summed E-state index contributed by atoms with van der Waals surface area (Å²) in [7, 11) is 0. The van der Waals surface area contributed by atoms with Crippen molar-refractivity contribution in [1.29, 1.82) is 0 Å². The second-order valence-corrected chi connectivity index (χ2v) is 5.95. The van der Waals surface area contributed by atoms with Gasteiger partial charge in [-0.25, -0.2) is 0 Å². The van der Waals surface area contributed by atoms with Crippen LogP contribution in [0.1, 0.15) is 45.1 Å². The third-order valence-electron chi connectivity index (χ3n) is 4.11. The lowest BCUT2D eigenvalue weighted by Crippen LogP contribution is -2.01. The zero-order valence-corrected chi connectivity index (χ0v) is 14.0. The van der Waals surface area contributed by atoms with E-state index in [0.29, 0.717) is 25.7 Å². The van der Waals surface area contributed by atoms with Crippen molar-refractivity contribution in [3.05, 3.63) is 95.4 Å². The number of carbonyl (C=O) groups is 2. The molecular formula is C22H20O3. The molecule has 0 bridgehead atoms. The molecule has 0 atom stereocenters. The summed E-state index contributed by atoms with van der Waals surface area (Å²) in [6.07, 6.45) is 1.97. The Balaban J connectivity index is 1.49. The lowest BCUT2D eigenvalue weighted by molar-refractivity contribution is 0.0975. The molecule has 0 aliphatic carbocycles. The number of carbonyl (C=O) groups excluding carboxylic acids is 2. The highest BCUT2D eigenvalue weighted by molar-refractivity contribution is 5.96. The number of benzene rings is 2. The maximum absolute atomic E-state index is 12.1. The Morgan fingerprint density at radius 1 is 0.600 bits per heavy atom. The van der Waals surface area contributed by atoms with Crippen LogP contribution in [0.2, 0.25) is 0 Å². The van der Waals surface area contributed by atoms with Crippen molar-refractivity contribution >= 4 is 11.6 Å². The van der Waals surface area contributed by atoms with Crippen LogP contribution >= 0.6 is 0 Å². The normalized spacial score (nSPS) is 10.6. The third-order valence-corrected chi connectivity index (χ3v) is 4.11. The average molecular weight is 332 g/mol. The van der Waals surface area contributed by atoms with Gasteiger partial charge in [-0.15, -0.1) is 0 Å². The minimum absolute atomic E-state index is 0.109. The Bertz CT molecular complexity index is 762. The van der Waals surface area contributed by atoms with E-state index >= 15 is 0 Å². The Kier molecular flexibility index (Phi) is 5.57. The van der Waals surface area contributed by atoms with Crippen molar-refractivity contribution < 1.29 is 14.0 Å². The smallest absolute Gasteiger partial charge is 0.163 e. The van der Waals surface area contributed by atoms with E-state index in [2.05, 4.69) is 0 Å². The summed E-state index contributed by atoms with van der Waals surface area (Å²) >= 11 is 0. The van der Waals surface area contributed by atoms with E-state index in [4.69, 9.17) is 4.42 Å². The van der Waals surface area contributed by atoms with E-state index in [-0.39, 0.29) is 11.6 Å². The Hall–Kier alpha value is -2.94. The summed E-state index contributed by atoms with van der Waals surface area (Å²) < 4.78 is 5.75. The van der Waals surface area contributed by atoms with Crippen LogP contribution in [0.3, 0.4) is 0 Å². The van der Waals surface area contributed by atoms with E-state index in [1.165, 1.54) is 0 Å². The molecule has 0 N–H and O–H groups in total. The summed E-state index contributed by atoms with van der Waals surface area (Å²) in [5.41, 5.74) is 1.45. The van der Waals surface area contributed by atoms with Crippen LogP contribution < -0.4 is 0 Å². The fourth-order valence-corrected chi connectivity index (χ4v) is 2.70. The number of hydrogen-bond donors (Lipinski definition) is 0. The first-order valence-corrected chi connectivity index (χ1v) is 8.46. The second kappa shape index (κ2) is 8.25. The minimum Gasteiger partial charge on any atom is -0.466 e. The van der Waals surface area contributed by atoms with Gasteiger partial charge in [-0.1, -0.05) is 60.7 Å². The summed E-state index contributed by atoms with van der Waals surface area (Å²) in [6, 6.07) is 22.3. The number of Topliss-reactive ketones (excluding diaryl/α,β-unsaturated/α-hetero) is 2. The third kappa shape index (κ3) is 4.77. The lowest BCUT2D eigenvalue weighted by atomic mass is 10.1. The molecule has 3 rings (SSSR count). The first kappa shape index (κ1) is 16.9. The van der Waals surface area contributed by atoms with E-state index in [9.17, 15) is 9.59 Å². The predicted molar refractivity (Wildman–Crippen MR) is 96.9 cm³/mol. The molecule has 0 spiro atoms. The Morgan fingerprint density at radius 2 is 1.00 bits per heavy atom. The molecule has 0 amide bonds. The van der Waals surface area contributed by atoms with Gasteiger partial charge in [-0.05, 0) is 12.1 Å². The maximum atomic E-state index is 12.1. The van der Waals surface area contributed by atoms with Gasteiger partial charge in [-0.2, -0.15) is 0 Å². The van der Waals surface area contributed by atoms with Crippen molar-refractivity contribution in [2.45, 2.75) is 25.7 Å². The molecule has 3 heteroatoms. The summed E-state index contributed by atoms with van der Waals surface area (Å²) in [5.74, 6) is 1.79. The minimum atomic E-state index is 0.109. The molecule has 1 heterocycles. The van der Waals surface area contributed by atoms with E-state index in [1.807, 2.05) is 72.8 Å². The Labute approximate surface area is 147 Å². The molecule has 25 heavy (non-hydrogen) atoms. The van der Waals surface area contributed by atoms with E-state index in [0.717, 1.165) is 22.6 Å². The summed E-state index contributed by atoms with van der Waals surface area (Å²) in [4.78, 5) is 24.2. The number of ketones is 2. The van der Waals surface area contributed by atoms with Crippen molar-refractivity contribution in [3.8, 4) is 0 Å². The van der Waals surface area contributed by atoms with Crippen LogP contribution in [-0.4, -0.2) is 11.6 Å². The fourth-order valence-electron chi connectivity index (χ4n) is 2.70. The molecule has 0 fully saturated rings. The monoisotopic (exact) mass is 332 g/mol. The summed E-state index contributed by atoms with van der Waals surface area (Å²) in [5, 5.41) is 0. The number of rotatable bonds is 8. The molecule has 2 aromatic carbocycles. The zero-order valence-electron chi connectivity index (χ0n) is 14.0. The van der Waals surface area contributed by atoms with Crippen molar-refractivity contribution in [3.63, 3.8) is 0 Å². The van der Waals surface area contributed by atoms with E-state index in [1.54, 1.807) is 0 Å². The predicted octanol–water partition coefficient (Wildman–Crippen LogP) is 4.91. The van der Waals surface area contributed by atoms with Crippen LogP contribution in [0.25, 0.3) is 0 Å². The average Bonchev–Trinajstić information content (AvgIpc) is 3.13. The van der Waals surface area contributed by atoms with Crippen LogP contribution in [0.4, 0.5) is 0 Å². The van der Waals surface area contributed by atoms with Gasteiger partial charge in [0, 0.05) is 36.8 Å². The zero-order chi connectivity index (χ0) is 17.5. The topological polar surface area (TPSA) is 47.3 Å². The molecule has 3 nitrogen and oxygen atoms in total. The van der Waals surface area contributed by atoms with Crippen molar-refractivity contribution in [1.82, 2.24) is 0 Å². The molecular weight excluding hydrogens is 312 g/mol. The first-order chi connectivity index (χ1) is 12.2. The standard InChI is InChI=1S/C22H20O3/c23-21(17-7-3-1-4-8-17)15-13-19-11-12-20(25-19)14-16-22(24)18-9-5-2-6-10-18/h1-12H,13-16H2. The molecule has 3 aromatic rings. The lowest BCUT2D eigenvalue weighted by Gasteiger charge is -2.00. The van der Waals surface area contributed by atoms with E-state index < -0.39 is 0 Å². The van der Waals surface area contributed by atoms with Gasteiger partial charge in [0.15, 0.2) is 11.6 Å². The highest BCUT2D eigenvalue weighted by Crippen LogP contribution is 2.15. The van der Waals surface area contributed by atoms with Crippen molar-refractivity contribution in [2.75, 3.05) is 0 Å². The second-order valence-electron chi connectivity index (χ2n) is 5.95. The summed E-state index contributed by atoms with van der Waals surface area (Å²) in [6.45, 7) is 0. The molecule has 0 aliphatic rings. The largest absolute Gasteiger partial charge is 0.466 e. The van der Waals surface area contributed by atoms with Gasteiger partial charge in [0.25, 0.3) is 0 Å². The number of furan rings is 1. The molecule has 0 saturated heterocycles. The van der Waals surface area contributed by atoms with Gasteiger partial charge in [0.05, 0.1) is 0 Å². The van der Waals surface area contributed by atoms with Gasteiger partial charge in [-0.3, -0.25) is 9.59 Å². The van der Waals surface area contributed by atoms with Crippen LogP contribution in [-0.2, 0) is 12.8 Å². The SMILES string of the molecule is O=C(CCc1ccc(CCC(=O)c2ccccc2)o1)c1ccccc1. The van der Waals surface area contributed by atoms with Crippen molar-refractivity contribution in [2.24, 2.45) is 0 Å². The van der Waals surface area contributed by atoms with Gasteiger partial charge >= 0.3 is 0 Å². The highest BCUT2D eigenvalue weighted by atomic mass is 16.3. The molecule has 0 unspecified atom stereocenters. The molecule has 0 aliphatic heterocycles. The molecule has 1 aromatic heterocycles. The van der Waals surface area contributed by atoms with Gasteiger partial charge < -0.3 is 4.42 Å². The quantitative estimate of drug-likeness (QED) is 0.551. The fraction of sp³-hybridized carbons (Fsp3) is 0.182. The Morgan fingerprint density at radius 3 is 1.40 bits per heavy atom. The van der Waals surface area contributed by atoms with Crippen LogP contribution in [0.15, 0.2) is 77.2 Å². The van der Waals surface area contributed by atoms with Crippen LogP contribution in [0.5, 0.6) is 0 Å². The van der Waals surface area contributed by atoms with Crippen LogP contribution in [0, 0.1) is 0 Å². The van der Waals surface area contributed by atoms with Gasteiger partial charge in [0.2, 0.25) is 0 Å². The number of aryl methyl sites for hydroxylation is 2. The molecule has 126 valence electrons. The first-order valence-electron chi connectivity index (χ1n) is 8.46.